The topological polar surface area (TPSA) is 118 Å². The summed E-state index contributed by atoms with van der Waals surface area (Å²) in [5.74, 6) is 0.427. The first-order valence-corrected chi connectivity index (χ1v) is 6.08. The van der Waals surface area contributed by atoms with Gasteiger partial charge in [0.05, 0.1) is 10.4 Å². The van der Waals surface area contributed by atoms with E-state index in [1.165, 1.54) is 12.3 Å². The standard InChI is InChI=1S/C13H13N3O5/c1-8-6-10-9(7-11(8)16(18)19)12(2-3-15-10)20-4-5-21-13(14)17/h2-3,6-7H,4-5H2,1H3,(H2,14,17). The second kappa shape index (κ2) is 6.04. The van der Waals surface area contributed by atoms with Gasteiger partial charge in [-0.25, -0.2) is 4.79 Å². The third-order valence-electron chi connectivity index (χ3n) is 2.80. The minimum absolute atomic E-state index is 0.00580. The number of fused-ring (bicyclic) bond motifs is 1. The van der Waals surface area contributed by atoms with Crippen molar-refractivity contribution in [3.63, 3.8) is 0 Å². The van der Waals surface area contributed by atoms with Crippen molar-refractivity contribution >= 4 is 22.7 Å². The molecule has 0 radical (unpaired) electrons. The molecule has 1 heterocycles. The average molecular weight is 291 g/mol. The van der Waals surface area contributed by atoms with Crippen molar-refractivity contribution in [2.24, 2.45) is 5.73 Å². The van der Waals surface area contributed by atoms with Crippen LogP contribution in [0.2, 0.25) is 0 Å². The number of pyridine rings is 1. The van der Waals surface area contributed by atoms with Gasteiger partial charge in [0.1, 0.15) is 19.0 Å². The van der Waals surface area contributed by atoms with E-state index in [0.29, 0.717) is 22.2 Å². The number of rotatable bonds is 5. The molecule has 2 rings (SSSR count). The van der Waals surface area contributed by atoms with Gasteiger partial charge in [-0.15, -0.1) is 0 Å². The Hall–Kier alpha value is -2.90. The molecule has 8 heteroatoms. The molecule has 1 aromatic carbocycles. The molecule has 0 bridgehead atoms. The van der Waals surface area contributed by atoms with Crippen LogP contribution in [0.1, 0.15) is 5.56 Å². The normalized spacial score (nSPS) is 10.3. The molecule has 1 amide bonds. The van der Waals surface area contributed by atoms with Crippen LogP contribution in [0, 0.1) is 17.0 Å². The van der Waals surface area contributed by atoms with Crippen LogP contribution in [0.4, 0.5) is 10.5 Å². The second-order valence-electron chi connectivity index (χ2n) is 4.24. The summed E-state index contributed by atoms with van der Waals surface area (Å²) in [6.07, 6.45) is 0.655. The van der Waals surface area contributed by atoms with Gasteiger partial charge in [-0.3, -0.25) is 15.1 Å². The van der Waals surface area contributed by atoms with E-state index in [1.807, 2.05) is 0 Å². The predicted molar refractivity (Wildman–Crippen MR) is 74.2 cm³/mol. The van der Waals surface area contributed by atoms with Crippen molar-refractivity contribution in [3.8, 4) is 5.75 Å². The molecule has 0 saturated heterocycles. The third-order valence-corrected chi connectivity index (χ3v) is 2.80. The van der Waals surface area contributed by atoms with E-state index in [9.17, 15) is 14.9 Å². The van der Waals surface area contributed by atoms with E-state index >= 15 is 0 Å². The van der Waals surface area contributed by atoms with Crippen molar-refractivity contribution in [1.82, 2.24) is 4.98 Å². The quantitative estimate of drug-likeness (QED) is 0.511. The maximum atomic E-state index is 11.0. The fourth-order valence-corrected chi connectivity index (χ4v) is 1.88. The Morgan fingerprint density at radius 3 is 2.86 bits per heavy atom. The highest BCUT2D eigenvalue weighted by atomic mass is 16.6. The first-order valence-electron chi connectivity index (χ1n) is 6.08. The summed E-state index contributed by atoms with van der Waals surface area (Å²) in [5.41, 5.74) is 5.94. The van der Waals surface area contributed by atoms with Crippen LogP contribution in [-0.4, -0.2) is 29.2 Å². The fourth-order valence-electron chi connectivity index (χ4n) is 1.88. The van der Waals surface area contributed by atoms with Crippen molar-refractivity contribution in [2.75, 3.05) is 13.2 Å². The number of carbonyl (C=O) groups is 1. The predicted octanol–water partition coefficient (Wildman–Crippen LogP) is 1.93. The minimum atomic E-state index is -0.885. The van der Waals surface area contributed by atoms with E-state index in [4.69, 9.17) is 10.5 Å². The molecule has 0 unspecified atom stereocenters. The molecule has 2 N–H and O–H groups in total. The van der Waals surface area contributed by atoms with Gasteiger partial charge in [0.2, 0.25) is 0 Å². The lowest BCUT2D eigenvalue weighted by molar-refractivity contribution is -0.385. The Morgan fingerprint density at radius 1 is 1.43 bits per heavy atom. The summed E-state index contributed by atoms with van der Waals surface area (Å²) >= 11 is 0. The van der Waals surface area contributed by atoms with Crippen molar-refractivity contribution < 1.29 is 19.2 Å². The molecular weight excluding hydrogens is 278 g/mol. The highest BCUT2D eigenvalue weighted by molar-refractivity contribution is 5.88. The first-order chi connectivity index (χ1) is 9.99. The number of aromatic nitrogens is 1. The smallest absolute Gasteiger partial charge is 0.404 e. The van der Waals surface area contributed by atoms with E-state index in [2.05, 4.69) is 9.72 Å². The Bertz CT molecular complexity index is 702. The van der Waals surface area contributed by atoms with E-state index in [1.54, 1.807) is 19.1 Å². The summed E-state index contributed by atoms with van der Waals surface area (Å²) < 4.78 is 10.00. The number of nitro groups is 1. The number of nitro benzene ring substituents is 1. The van der Waals surface area contributed by atoms with Gasteiger partial charge in [-0.2, -0.15) is 0 Å². The van der Waals surface area contributed by atoms with E-state index in [-0.39, 0.29) is 18.9 Å². The summed E-state index contributed by atoms with van der Waals surface area (Å²) in [7, 11) is 0. The third kappa shape index (κ3) is 3.35. The minimum Gasteiger partial charge on any atom is -0.489 e. The van der Waals surface area contributed by atoms with E-state index in [0.717, 1.165) is 0 Å². The average Bonchev–Trinajstić information content (AvgIpc) is 2.42. The van der Waals surface area contributed by atoms with Gasteiger partial charge in [0.25, 0.3) is 5.69 Å². The molecule has 1 aromatic heterocycles. The number of ether oxygens (including phenoxy) is 2. The number of nitrogens with zero attached hydrogens (tertiary/aromatic N) is 2. The summed E-state index contributed by atoms with van der Waals surface area (Å²) in [5, 5.41) is 11.5. The summed E-state index contributed by atoms with van der Waals surface area (Å²) in [4.78, 5) is 25.1. The van der Waals surface area contributed by atoms with Crippen LogP contribution < -0.4 is 10.5 Å². The number of hydrogen-bond donors (Lipinski definition) is 1. The Balaban J connectivity index is 2.29. The zero-order valence-corrected chi connectivity index (χ0v) is 11.2. The monoisotopic (exact) mass is 291 g/mol. The maximum Gasteiger partial charge on any atom is 0.404 e. The largest absolute Gasteiger partial charge is 0.489 e. The number of primary amides is 1. The summed E-state index contributed by atoms with van der Waals surface area (Å²) in [6, 6.07) is 4.63. The zero-order valence-electron chi connectivity index (χ0n) is 11.2. The van der Waals surface area contributed by atoms with Gasteiger partial charge >= 0.3 is 6.09 Å². The molecule has 110 valence electrons. The van der Waals surface area contributed by atoms with Crippen LogP contribution in [-0.2, 0) is 4.74 Å². The molecule has 0 saturated carbocycles. The molecule has 0 aliphatic carbocycles. The van der Waals surface area contributed by atoms with E-state index < -0.39 is 11.0 Å². The molecular formula is C13H13N3O5. The van der Waals surface area contributed by atoms with Gasteiger partial charge in [-0.1, -0.05) is 0 Å². The molecule has 0 atom stereocenters. The van der Waals surface area contributed by atoms with Crippen LogP contribution in [0.15, 0.2) is 24.4 Å². The number of aryl methyl sites for hydroxylation is 1. The second-order valence-corrected chi connectivity index (χ2v) is 4.24. The number of hydrogen-bond acceptors (Lipinski definition) is 6. The van der Waals surface area contributed by atoms with Crippen molar-refractivity contribution in [1.29, 1.82) is 0 Å². The SMILES string of the molecule is Cc1cc2nccc(OCCOC(N)=O)c2cc1[N+](=O)[O-]. The molecule has 8 nitrogen and oxygen atoms in total. The highest BCUT2D eigenvalue weighted by Gasteiger charge is 2.14. The van der Waals surface area contributed by atoms with Gasteiger partial charge in [0.15, 0.2) is 0 Å². The molecule has 0 aliphatic rings. The lowest BCUT2D eigenvalue weighted by Crippen LogP contribution is -2.17. The molecule has 21 heavy (non-hydrogen) atoms. The van der Waals surface area contributed by atoms with Crippen molar-refractivity contribution in [2.45, 2.75) is 6.92 Å². The molecule has 0 aliphatic heterocycles. The maximum absolute atomic E-state index is 11.0. The molecule has 0 spiro atoms. The summed E-state index contributed by atoms with van der Waals surface area (Å²) in [6.45, 7) is 1.73. The van der Waals surface area contributed by atoms with Crippen LogP contribution in [0.5, 0.6) is 5.75 Å². The number of amides is 1. The van der Waals surface area contributed by atoms with Gasteiger partial charge in [0, 0.05) is 23.2 Å². The van der Waals surface area contributed by atoms with Crippen molar-refractivity contribution in [3.05, 3.63) is 40.1 Å². The fraction of sp³-hybridized carbons (Fsp3) is 0.231. The first kappa shape index (κ1) is 14.5. The van der Waals surface area contributed by atoms with Crippen LogP contribution in [0.3, 0.4) is 0 Å². The van der Waals surface area contributed by atoms with Crippen LogP contribution >= 0.6 is 0 Å². The number of nitrogens with two attached hydrogens (primary N) is 1. The molecule has 0 fully saturated rings. The highest BCUT2D eigenvalue weighted by Crippen LogP contribution is 2.30. The number of benzene rings is 1. The lowest BCUT2D eigenvalue weighted by Gasteiger charge is -2.09. The Kier molecular flexibility index (Phi) is 4.17. The Labute approximate surface area is 119 Å². The van der Waals surface area contributed by atoms with Gasteiger partial charge < -0.3 is 15.2 Å². The van der Waals surface area contributed by atoms with Crippen LogP contribution in [0.25, 0.3) is 10.9 Å². The number of carbonyl (C=O) groups excluding carboxylic acids is 1. The molecule has 2 aromatic rings. The van der Waals surface area contributed by atoms with Gasteiger partial charge in [-0.05, 0) is 19.1 Å². The zero-order chi connectivity index (χ0) is 15.4. The Morgan fingerprint density at radius 2 is 2.19 bits per heavy atom. The lowest BCUT2D eigenvalue weighted by atomic mass is 10.1.